The quantitative estimate of drug-likeness (QED) is 0.406. The number of alkyl halides is 6. The molecular formula is C20H15F8NO2. The van der Waals surface area contributed by atoms with Crippen LogP contribution in [0.2, 0.25) is 0 Å². The van der Waals surface area contributed by atoms with Crippen molar-refractivity contribution in [1.29, 1.82) is 0 Å². The molecule has 0 fully saturated rings. The molecule has 2 aromatic carbocycles. The highest BCUT2D eigenvalue weighted by atomic mass is 19.4. The fourth-order valence-electron chi connectivity index (χ4n) is 2.73. The zero-order chi connectivity index (χ0) is 23.6. The van der Waals surface area contributed by atoms with Gasteiger partial charge in [-0.05, 0) is 30.7 Å². The first-order valence-corrected chi connectivity index (χ1v) is 8.88. The molecule has 3 nitrogen and oxygen atoms in total. The minimum Gasteiger partial charge on any atom is -0.274 e. The van der Waals surface area contributed by atoms with Crippen molar-refractivity contribution in [2.24, 2.45) is 0 Å². The molecule has 0 radical (unpaired) electrons. The van der Waals surface area contributed by atoms with Crippen LogP contribution in [0.25, 0.3) is 0 Å². The van der Waals surface area contributed by atoms with E-state index >= 15 is 0 Å². The maximum absolute atomic E-state index is 14.4. The van der Waals surface area contributed by atoms with Crippen LogP contribution in [0.5, 0.6) is 0 Å². The van der Waals surface area contributed by atoms with E-state index in [-0.39, 0.29) is 11.3 Å². The summed E-state index contributed by atoms with van der Waals surface area (Å²) < 4.78 is 106. The van der Waals surface area contributed by atoms with E-state index in [4.69, 9.17) is 0 Å². The number of hydrogen-bond acceptors (Lipinski definition) is 2. The van der Waals surface area contributed by atoms with Crippen molar-refractivity contribution in [1.82, 2.24) is 4.90 Å². The van der Waals surface area contributed by atoms with E-state index in [1.54, 1.807) is 6.92 Å². The van der Waals surface area contributed by atoms with Crippen LogP contribution in [-0.4, -0.2) is 23.3 Å². The third-order valence-corrected chi connectivity index (χ3v) is 4.29. The summed E-state index contributed by atoms with van der Waals surface area (Å²) in [7, 11) is 0. The van der Waals surface area contributed by atoms with E-state index in [0.717, 1.165) is 12.1 Å². The molecule has 0 saturated heterocycles. The predicted octanol–water partition coefficient (Wildman–Crippen LogP) is 6.09. The smallest absolute Gasteiger partial charge is 0.274 e. The number of carbonyl (C=O) groups excluding carboxylic acids is 2. The maximum atomic E-state index is 14.4. The van der Waals surface area contributed by atoms with Gasteiger partial charge in [0.1, 0.15) is 11.6 Å². The largest absolute Gasteiger partial charge is 0.419 e. The monoisotopic (exact) mass is 453 g/mol. The van der Waals surface area contributed by atoms with E-state index in [1.165, 1.54) is 0 Å². The lowest BCUT2D eigenvalue weighted by atomic mass is 10.0. The van der Waals surface area contributed by atoms with Crippen LogP contribution >= 0.6 is 0 Å². The molecule has 2 rings (SSSR count). The number of rotatable bonds is 5. The van der Waals surface area contributed by atoms with E-state index in [0.29, 0.717) is 30.7 Å². The van der Waals surface area contributed by atoms with Crippen molar-refractivity contribution in [3.05, 3.63) is 70.3 Å². The molecule has 0 bridgehead atoms. The molecule has 0 aromatic heterocycles. The van der Waals surface area contributed by atoms with E-state index in [9.17, 15) is 44.7 Å². The molecule has 2 amide bonds. The molecule has 0 aliphatic rings. The first-order valence-electron chi connectivity index (χ1n) is 8.88. The molecule has 0 N–H and O–H groups in total. The Morgan fingerprint density at radius 2 is 1.16 bits per heavy atom. The summed E-state index contributed by atoms with van der Waals surface area (Å²) in [6, 6.07) is 3.65. The van der Waals surface area contributed by atoms with Crippen LogP contribution in [0.15, 0.2) is 36.4 Å². The molecule has 0 heterocycles. The molecule has 0 saturated carbocycles. The Bertz CT molecular complexity index is 907. The summed E-state index contributed by atoms with van der Waals surface area (Å²) in [5, 5.41) is 0. The van der Waals surface area contributed by atoms with Gasteiger partial charge in [-0.15, -0.1) is 0 Å². The number of nitrogens with zero attached hydrogens (tertiary/aromatic N) is 1. The van der Waals surface area contributed by atoms with Gasteiger partial charge in [0.05, 0.1) is 22.3 Å². The summed E-state index contributed by atoms with van der Waals surface area (Å²) in [5.41, 5.74) is -5.75. The number of halogens is 8. The summed E-state index contributed by atoms with van der Waals surface area (Å²) in [5.74, 6) is -6.95. The summed E-state index contributed by atoms with van der Waals surface area (Å²) in [6.07, 6.45) is -9.80. The Kier molecular flexibility index (Phi) is 7.07. The summed E-state index contributed by atoms with van der Waals surface area (Å²) in [4.78, 5) is 25.7. The van der Waals surface area contributed by atoms with E-state index < -0.39 is 64.6 Å². The predicted molar refractivity (Wildman–Crippen MR) is 93.1 cm³/mol. The standard InChI is InChI=1S/C20H15F8NO2/c1-2-3-10-29(17(30)11-6-4-8-13(15(11)21)19(23,24)25)18(31)12-7-5-9-14(16(12)22)20(26,27)28/h4-9H,2-3,10H2,1H3. The first-order chi connectivity index (χ1) is 14.3. The molecule has 2 aromatic rings. The number of carbonyl (C=O) groups is 2. The van der Waals surface area contributed by atoms with Crippen LogP contribution in [-0.2, 0) is 12.4 Å². The topological polar surface area (TPSA) is 37.4 Å². The average Bonchev–Trinajstić information content (AvgIpc) is 2.66. The Balaban J connectivity index is 2.55. The first kappa shape index (κ1) is 24.3. The number of benzene rings is 2. The van der Waals surface area contributed by atoms with Gasteiger partial charge in [0.15, 0.2) is 0 Å². The van der Waals surface area contributed by atoms with E-state index in [1.807, 2.05) is 0 Å². The molecule has 0 aliphatic heterocycles. The molecule has 0 atom stereocenters. The minimum atomic E-state index is -5.13. The van der Waals surface area contributed by atoms with Crippen molar-refractivity contribution >= 4 is 11.8 Å². The van der Waals surface area contributed by atoms with Gasteiger partial charge in [0.2, 0.25) is 0 Å². The third kappa shape index (κ3) is 5.20. The van der Waals surface area contributed by atoms with Crippen LogP contribution in [0.1, 0.15) is 51.6 Å². The van der Waals surface area contributed by atoms with Gasteiger partial charge < -0.3 is 0 Å². The van der Waals surface area contributed by atoms with Crippen molar-refractivity contribution in [2.75, 3.05) is 6.54 Å². The molecule has 11 heteroatoms. The van der Waals surface area contributed by atoms with Gasteiger partial charge in [-0.3, -0.25) is 14.5 Å². The highest BCUT2D eigenvalue weighted by Gasteiger charge is 2.39. The van der Waals surface area contributed by atoms with Crippen molar-refractivity contribution in [2.45, 2.75) is 32.1 Å². The molecule has 31 heavy (non-hydrogen) atoms. The van der Waals surface area contributed by atoms with Gasteiger partial charge in [-0.25, -0.2) is 8.78 Å². The molecule has 0 aliphatic carbocycles. The zero-order valence-corrected chi connectivity index (χ0v) is 15.9. The van der Waals surface area contributed by atoms with Gasteiger partial charge in [-0.2, -0.15) is 26.3 Å². The number of hydrogen-bond donors (Lipinski definition) is 0. The van der Waals surface area contributed by atoms with Crippen LogP contribution in [0.3, 0.4) is 0 Å². The SMILES string of the molecule is CCCCN(C(=O)c1cccc(C(F)(F)F)c1F)C(=O)c1cccc(C(F)(F)F)c1F. The zero-order valence-electron chi connectivity index (χ0n) is 15.9. The highest BCUT2D eigenvalue weighted by molar-refractivity contribution is 6.10. The Morgan fingerprint density at radius 3 is 1.48 bits per heavy atom. The lowest BCUT2D eigenvalue weighted by molar-refractivity contribution is -0.140. The van der Waals surface area contributed by atoms with Gasteiger partial charge in [0, 0.05) is 6.54 Å². The third-order valence-electron chi connectivity index (χ3n) is 4.29. The van der Waals surface area contributed by atoms with Gasteiger partial charge >= 0.3 is 12.4 Å². The minimum absolute atomic E-state index is 0.0959. The fraction of sp³-hybridized carbons (Fsp3) is 0.300. The number of amides is 2. The molecule has 0 unspecified atom stereocenters. The fourth-order valence-corrected chi connectivity index (χ4v) is 2.73. The summed E-state index contributed by atoms with van der Waals surface area (Å²) in [6.45, 7) is 1.16. The van der Waals surface area contributed by atoms with Crippen molar-refractivity contribution < 1.29 is 44.7 Å². The van der Waals surface area contributed by atoms with Crippen LogP contribution < -0.4 is 0 Å². The number of imide groups is 1. The summed E-state index contributed by atoms with van der Waals surface area (Å²) >= 11 is 0. The second-order valence-corrected chi connectivity index (χ2v) is 6.45. The van der Waals surface area contributed by atoms with Crippen LogP contribution in [0, 0.1) is 11.6 Å². The Labute approximate surface area is 171 Å². The Morgan fingerprint density at radius 1 is 0.774 bits per heavy atom. The lowest BCUT2D eigenvalue weighted by Crippen LogP contribution is -2.39. The highest BCUT2D eigenvalue weighted by Crippen LogP contribution is 2.34. The van der Waals surface area contributed by atoms with Crippen molar-refractivity contribution in [3.8, 4) is 0 Å². The lowest BCUT2D eigenvalue weighted by Gasteiger charge is -2.22. The average molecular weight is 453 g/mol. The molecular weight excluding hydrogens is 438 g/mol. The maximum Gasteiger partial charge on any atom is 0.419 e. The molecule has 168 valence electrons. The number of unbranched alkanes of at least 4 members (excludes halogenated alkanes) is 1. The second-order valence-electron chi connectivity index (χ2n) is 6.45. The van der Waals surface area contributed by atoms with Gasteiger partial charge in [-0.1, -0.05) is 25.5 Å². The van der Waals surface area contributed by atoms with E-state index in [2.05, 4.69) is 0 Å². The second kappa shape index (κ2) is 9.03. The molecule has 0 spiro atoms. The van der Waals surface area contributed by atoms with Crippen LogP contribution in [0.4, 0.5) is 35.1 Å². The normalized spacial score (nSPS) is 12.0. The Hall–Kier alpha value is -2.98. The van der Waals surface area contributed by atoms with Gasteiger partial charge in [0.25, 0.3) is 11.8 Å². The van der Waals surface area contributed by atoms with Crippen molar-refractivity contribution in [3.63, 3.8) is 0 Å².